The number of carbonyl (C=O) groups is 1. The van der Waals surface area contributed by atoms with Crippen molar-refractivity contribution in [3.8, 4) is 0 Å². The predicted molar refractivity (Wildman–Crippen MR) is 46.7 cm³/mol. The third kappa shape index (κ3) is 7.03. The molecule has 0 aliphatic carbocycles. The zero-order valence-electron chi connectivity index (χ0n) is 7.50. The highest BCUT2D eigenvalue weighted by Crippen LogP contribution is 1.96. The van der Waals surface area contributed by atoms with Gasteiger partial charge in [-0.15, -0.1) is 0 Å². The highest BCUT2D eigenvalue weighted by atomic mass is 16.1. The Morgan fingerprint density at radius 3 is 2.64 bits per heavy atom. The van der Waals surface area contributed by atoms with E-state index in [0.29, 0.717) is 6.42 Å². The average molecular weight is 156 g/mol. The number of carbonyl (C=O) groups excluding carboxylic acids is 1. The van der Waals surface area contributed by atoms with E-state index in [0.717, 1.165) is 24.8 Å². The van der Waals surface area contributed by atoms with Crippen molar-refractivity contribution in [3.05, 3.63) is 0 Å². The zero-order valence-corrected chi connectivity index (χ0v) is 7.50. The fourth-order valence-electron chi connectivity index (χ4n) is 0.833. The summed E-state index contributed by atoms with van der Waals surface area (Å²) >= 11 is 0. The van der Waals surface area contributed by atoms with Gasteiger partial charge in [-0.2, -0.15) is 5.10 Å². The Balaban J connectivity index is 3.50. The number of nitrogens with zero attached hydrogens (tertiary/aromatic N) is 2. The standard InChI is InChI=1S/C8H16N2O/c1-8(9-10(2)3)6-4-5-7-11/h7H,4-6H2,1-3H3. The van der Waals surface area contributed by atoms with Crippen LogP contribution in [0, 0.1) is 0 Å². The lowest BCUT2D eigenvalue weighted by Gasteiger charge is -2.05. The van der Waals surface area contributed by atoms with E-state index in [1.807, 2.05) is 21.0 Å². The van der Waals surface area contributed by atoms with Crippen molar-refractivity contribution in [2.75, 3.05) is 14.1 Å². The summed E-state index contributed by atoms with van der Waals surface area (Å²) in [7, 11) is 3.78. The summed E-state index contributed by atoms with van der Waals surface area (Å²) in [6.07, 6.45) is 3.41. The third-order valence-electron chi connectivity index (χ3n) is 1.23. The molecule has 3 heteroatoms. The molecule has 64 valence electrons. The molecule has 0 aromatic carbocycles. The third-order valence-corrected chi connectivity index (χ3v) is 1.23. The van der Waals surface area contributed by atoms with Crippen molar-refractivity contribution in [3.63, 3.8) is 0 Å². The van der Waals surface area contributed by atoms with Crippen molar-refractivity contribution in [2.24, 2.45) is 5.10 Å². The van der Waals surface area contributed by atoms with Crippen LogP contribution >= 0.6 is 0 Å². The molecule has 0 bridgehead atoms. The van der Waals surface area contributed by atoms with Crippen LogP contribution in [-0.2, 0) is 4.79 Å². The Hall–Kier alpha value is -0.860. The van der Waals surface area contributed by atoms with Crippen LogP contribution in [0.15, 0.2) is 5.10 Å². The van der Waals surface area contributed by atoms with E-state index in [2.05, 4.69) is 5.10 Å². The fraction of sp³-hybridized carbons (Fsp3) is 0.750. The predicted octanol–water partition coefficient (Wildman–Crippen LogP) is 1.29. The summed E-state index contributed by atoms with van der Waals surface area (Å²) in [6, 6.07) is 0. The molecular weight excluding hydrogens is 140 g/mol. The first-order valence-electron chi connectivity index (χ1n) is 3.82. The summed E-state index contributed by atoms with van der Waals surface area (Å²) in [5.74, 6) is 0. The van der Waals surface area contributed by atoms with E-state index in [1.165, 1.54) is 0 Å². The van der Waals surface area contributed by atoms with Gasteiger partial charge in [0.1, 0.15) is 6.29 Å². The quantitative estimate of drug-likeness (QED) is 0.260. The van der Waals surface area contributed by atoms with E-state index in [1.54, 1.807) is 5.01 Å². The summed E-state index contributed by atoms with van der Waals surface area (Å²) in [5.41, 5.74) is 1.08. The second kappa shape index (κ2) is 5.89. The minimum Gasteiger partial charge on any atom is -0.303 e. The van der Waals surface area contributed by atoms with Crippen LogP contribution in [-0.4, -0.2) is 31.1 Å². The molecule has 0 aliphatic rings. The van der Waals surface area contributed by atoms with Crippen molar-refractivity contribution >= 4 is 12.0 Å². The van der Waals surface area contributed by atoms with Gasteiger partial charge in [0.15, 0.2) is 0 Å². The summed E-state index contributed by atoms with van der Waals surface area (Å²) in [5, 5.41) is 5.96. The molecule has 0 spiro atoms. The first-order valence-corrected chi connectivity index (χ1v) is 3.82. The number of hydrazone groups is 1. The normalized spacial score (nSPS) is 11.4. The van der Waals surface area contributed by atoms with Crippen molar-refractivity contribution in [1.82, 2.24) is 5.01 Å². The van der Waals surface area contributed by atoms with Crippen LogP contribution in [0.5, 0.6) is 0 Å². The highest BCUT2D eigenvalue weighted by Gasteiger charge is 1.91. The van der Waals surface area contributed by atoms with Gasteiger partial charge in [-0.25, -0.2) is 0 Å². The number of rotatable bonds is 5. The maximum atomic E-state index is 9.96. The topological polar surface area (TPSA) is 32.7 Å². The van der Waals surface area contributed by atoms with Crippen LogP contribution in [0.3, 0.4) is 0 Å². The minimum absolute atomic E-state index is 0.639. The molecule has 0 unspecified atom stereocenters. The largest absolute Gasteiger partial charge is 0.303 e. The Kier molecular flexibility index (Phi) is 5.43. The van der Waals surface area contributed by atoms with E-state index < -0.39 is 0 Å². The molecule has 0 atom stereocenters. The molecule has 0 N–H and O–H groups in total. The van der Waals surface area contributed by atoms with E-state index in [4.69, 9.17) is 0 Å². The molecule has 0 radical (unpaired) electrons. The SMILES string of the molecule is CC(CCCC=O)=NN(C)C. The van der Waals surface area contributed by atoms with Gasteiger partial charge < -0.3 is 9.80 Å². The Bertz CT molecular complexity index is 141. The molecule has 0 rings (SSSR count). The van der Waals surface area contributed by atoms with Gasteiger partial charge in [-0.3, -0.25) is 0 Å². The molecule has 0 saturated heterocycles. The minimum atomic E-state index is 0.639. The molecule has 11 heavy (non-hydrogen) atoms. The van der Waals surface area contributed by atoms with Gasteiger partial charge in [-0.1, -0.05) is 0 Å². The van der Waals surface area contributed by atoms with Crippen molar-refractivity contribution in [2.45, 2.75) is 26.2 Å². The zero-order chi connectivity index (χ0) is 8.69. The monoisotopic (exact) mass is 156 g/mol. The van der Waals surface area contributed by atoms with Crippen molar-refractivity contribution in [1.29, 1.82) is 0 Å². The molecule has 0 saturated carbocycles. The lowest BCUT2D eigenvalue weighted by Crippen LogP contribution is -2.06. The summed E-state index contributed by atoms with van der Waals surface area (Å²) < 4.78 is 0. The van der Waals surface area contributed by atoms with E-state index in [-0.39, 0.29) is 0 Å². The Labute approximate surface area is 68.1 Å². The number of aldehydes is 1. The Morgan fingerprint density at radius 1 is 1.55 bits per heavy atom. The van der Waals surface area contributed by atoms with Gasteiger partial charge in [0.2, 0.25) is 0 Å². The van der Waals surface area contributed by atoms with Crippen LogP contribution in [0.1, 0.15) is 26.2 Å². The number of hydrogen-bond donors (Lipinski definition) is 0. The maximum absolute atomic E-state index is 9.96. The molecular formula is C8H16N2O. The lowest BCUT2D eigenvalue weighted by molar-refractivity contribution is -0.107. The first-order chi connectivity index (χ1) is 5.16. The van der Waals surface area contributed by atoms with Crippen LogP contribution in [0.2, 0.25) is 0 Å². The van der Waals surface area contributed by atoms with Gasteiger partial charge in [0.25, 0.3) is 0 Å². The van der Waals surface area contributed by atoms with Crippen LogP contribution in [0.4, 0.5) is 0 Å². The van der Waals surface area contributed by atoms with Gasteiger partial charge in [0, 0.05) is 26.2 Å². The molecule has 0 heterocycles. The van der Waals surface area contributed by atoms with Crippen LogP contribution in [0.25, 0.3) is 0 Å². The fourth-order valence-corrected chi connectivity index (χ4v) is 0.833. The maximum Gasteiger partial charge on any atom is 0.120 e. The smallest absolute Gasteiger partial charge is 0.120 e. The van der Waals surface area contributed by atoms with Crippen molar-refractivity contribution < 1.29 is 4.79 Å². The van der Waals surface area contributed by atoms with Crippen LogP contribution < -0.4 is 0 Å². The van der Waals surface area contributed by atoms with Gasteiger partial charge >= 0.3 is 0 Å². The second-order valence-electron chi connectivity index (χ2n) is 2.74. The molecule has 0 fully saturated rings. The highest BCUT2D eigenvalue weighted by molar-refractivity contribution is 5.81. The number of hydrogen-bond acceptors (Lipinski definition) is 3. The molecule has 0 aliphatic heterocycles. The Morgan fingerprint density at radius 2 is 2.18 bits per heavy atom. The van der Waals surface area contributed by atoms with Gasteiger partial charge in [0.05, 0.1) is 0 Å². The molecule has 3 nitrogen and oxygen atoms in total. The molecule has 0 amide bonds. The van der Waals surface area contributed by atoms with E-state index >= 15 is 0 Å². The number of unbranched alkanes of at least 4 members (excludes halogenated alkanes) is 1. The summed E-state index contributed by atoms with van der Waals surface area (Å²) in [6.45, 7) is 1.98. The first kappa shape index (κ1) is 10.1. The average Bonchev–Trinajstić information content (AvgIpc) is 1.86. The van der Waals surface area contributed by atoms with Gasteiger partial charge in [-0.05, 0) is 19.8 Å². The molecule has 0 aromatic rings. The molecule has 0 aromatic heterocycles. The van der Waals surface area contributed by atoms with E-state index in [9.17, 15) is 4.79 Å². The second-order valence-corrected chi connectivity index (χ2v) is 2.74. The lowest BCUT2D eigenvalue weighted by atomic mass is 10.2. The summed E-state index contributed by atoms with van der Waals surface area (Å²) in [4.78, 5) is 9.96.